The van der Waals surface area contributed by atoms with Gasteiger partial charge < -0.3 is 15.1 Å². The quantitative estimate of drug-likeness (QED) is 0.729. The number of rotatable bonds is 6. The number of nitrogens with one attached hydrogen (secondary N) is 2. The molecule has 0 saturated heterocycles. The van der Waals surface area contributed by atoms with Gasteiger partial charge in [0.25, 0.3) is 5.56 Å². The highest BCUT2D eigenvalue weighted by Gasteiger charge is 2.08. The molecule has 0 saturated carbocycles. The van der Waals surface area contributed by atoms with Crippen LogP contribution in [0, 0.1) is 0 Å². The van der Waals surface area contributed by atoms with Gasteiger partial charge in [0.05, 0.1) is 17.9 Å². The van der Waals surface area contributed by atoms with Gasteiger partial charge in [0.1, 0.15) is 5.52 Å². The lowest BCUT2D eigenvalue weighted by atomic mass is 10.0. The number of aliphatic hydroxyl groups is 1. The topological polar surface area (TPSA) is 81.8 Å². The summed E-state index contributed by atoms with van der Waals surface area (Å²) in [5.74, 6) is 0. The van der Waals surface area contributed by atoms with Crippen LogP contribution < -0.4 is 5.56 Å². The summed E-state index contributed by atoms with van der Waals surface area (Å²) >= 11 is 0. The standard InChI is InChI=1S/C13H19N3O2/c1-2-4-10(17)6-3-5-9-7-14-12-11(9)15-8-16-13(12)18/h7-8,10,14,17H,2-6H2,1H3,(H,15,16,18)/t10-/m0/s1. The smallest absolute Gasteiger partial charge is 0.275 e. The van der Waals surface area contributed by atoms with Crippen LogP contribution in [-0.4, -0.2) is 26.2 Å². The van der Waals surface area contributed by atoms with E-state index in [9.17, 15) is 9.90 Å². The molecule has 0 fully saturated rings. The molecule has 2 heterocycles. The lowest BCUT2D eigenvalue weighted by Gasteiger charge is -2.07. The molecule has 0 aliphatic carbocycles. The fraction of sp³-hybridized carbons (Fsp3) is 0.538. The minimum absolute atomic E-state index is 0.141. The Morgan fingerprint density at radius 3 is 3.00 bits per heavy atom. The van der Waals surface area contributed by atoms with E-state index in [1.165, 1.54) is 6.33 Å². The molecule has 0 radical (unpaired) electrons. The summed E-state index contributed by atoms with van der Waals surface area (Å²) in [6.07, 6.45) is 7.43. The van der Waals surface area contributed by atoms with Crippen LogP contribution in [0.5, 0.6) is 0 Å². The van der Waals surface area contributed by atoms with E-state index in [4.69, 9.17) is 0 Å². The molecule has 18 heavy (non-hydrogen) atoms. The first-order chi connectivity index (χ1) is 8.72. The van der Waals surface area contributed by atoms with E-state index in [0.717, 1.165) is 43.2 Å². The second kappa shape index (κ2) is 5.82. The summed E-state index contributed by atoms with van der Waals surface area (Å²) in [6, 6.07) is 0. The first-order valence-electron chi connectivity index (χ1n) is 6.44. The van der Waals surface area contributed by atoms with Gasteiger partial charge in [-0.2, -0.15) is 0 Å². The van der Waals surface area contributed by atoms with Crippen molar-refractivity contribution in [3.8, 4) is 0 Å². The van der Waals surface area contributed by atoms with Crippen molar-refractivity contribution in [1.82, 2.24) is 15.0 Å². The summed E-state index contributed by atoms with van der Waals surface area (Å²) in [6.45, 7) is 2.07. The number of aromatic nitrogens is 3. The van der Waals surface area contributed by atoms with Gasteiger partial charge in [0.2, 0.25) is 0 Å². The van der Waals surface area contributed by atoms with Crippen molar-refractivity contribution < 1.29 is 5.11 Å². The van der Waals surface area contributed by atoms with E-state index in [2.05, 4.69) is 21.9 Å². The summed E-state index contributed by atoms with van der Waals surface area (Å²) in [5.41, 5.74) is 2.17. The average Bonchev–Trinajstić information content (AvgIpc) is 2.75. The highest BCUT2D eigenvalue weighted by Crippen LogP contribution is 2.15. The maximum Gasteiger partial charge on any atom is 0.275 e. The zero-order chi connectivity index (χ0) is 13.0. The van der Waals surface area contributed by atoms with Crippen molar-refractivity contribution in [2.24, 2.45) is 0 Å². The van der Waals surface area contributed by atoms with Crippen LogP contribution >= 0.6 is 0 Å². The van der Waals surface area contributed by atoms with Gasteiger partial charge in [-0.15, -0.1) is 0 Å². The Kier molecular flexibility index (Phi) is 4.15. The number of hydrogen-bond acceptors (Lipinski definition) is 3. The first kappa shape index (κ1) is 12.8. The van der Waals surface area contributed by atoms with Gasteiger partial charge in [-0.05, 0) is 31.2 Å². The fourth-order valence-electron chi connectivity index (χ4n) is 2.20. The number of H-pyrrole nitrogens is 2. The molecule has 2 rings (SSSR count). The van der Waals surface area contributed by atoms with Crippen LogP contribution in [0.4, 0.5) is 0 Å². The minimum Gasteiger partial charge on any atom is -0.393 e. The molecule has 3 N–H and O–H groups in total. The molecule has 0 aromatic carbocycles. The second-order valence-corrected chi connectivity index (χ2v) is 4.60. The minimum atomic E-state index is -0.212. The average molecular weight is 249 g/mol. The number of aryl methyl sites for hydroxylation is 1. The lowest BCUT2D eigenvalue weighted by Crippen LogP contribution is -2.07. The maximum atomic E-state index is 11.5. The van der Waals surface area contributed by atoms with Crippen LogP contribution in [0.3, 0.4) is 0 Å². The highest BCUT2D eigenvalue weighted by molar-refractivity contribution is 5.77. The van der Waals surface area contributed by atoms with E-state index >= 15 is 0 Å². The van der Waals surface area contributed by atoms with E-state index in [1.54, 1.807) is 0 Å². The molecule has 0 unspecified atom stereocenters. The van der Waals surface area contributed by atoms with E-state index in [-0.39, 0.29) is 11.7 Å². The Labute approximate surface area is 105 Å². The Morgan fingerprint density at radius 1 is 1.39 bits per heavy atom. The molecule has 0 spiro atoms. The van der Waals surface area contributed by atoms with E-state index in [1.807, 2.05) is 6.20 Å². The number of nitrogens with zero attached hydrogens (tertiary/aromatic N) is 1. The Balaban J connectivity index is 2.00. The predicted molar refractivity (Wildman–Crippen MR) is 70.6 cm³/mol. The van der Waals surface area contributed by atoms with Gasteiger partial charge in [0, 0.05) is 6.20 Å². The normalized spacial score (nSPS) is 13.0. The molecule has 5 nitrogen and oxygen atoms in total. The van der Waals surface area contributed by atoms with Gasteiger partial charge in [-0.1, -0.05) is 13.3 Å². The third kappa shape index (κ3) is 2.79. The molecule has 2 aromatic rings. The highest BCUT2D eigenvalue weighted by atomic mass is 16.3. The number of hydrogen-bond donors (Lipinski definition) is 3. The van der Waals surface area contributed by atoms with Crippen molar-refractivity contribution in [2.75, 3.05) is 0 Å². The van der Waals surface area contributed by atoms with Crippen molar-refractivity contribution in [3.05, 3.63) is 28.4 Å². The van der Waals surface area contributed by atoms with E-state index < -0.39 is 0 Å². The molecular formula is C13H19N3O2. The number of aromatic amines is 2. The molecule has 1 atom stereocenters. The molecule has 5 heteroatoms. The third-order valence-corrected chi connectivity index (χ3v) is 3.15. The van der Waals surface area contributed by atoms with Gasteiger partial charge in [-0.3, -0.25) is 4.79 Å². The molecular weight excluding hydrogens is 230 g/mol. The van der Waals surface area contributed by atoms with Gasteiger partial charge >= 0.3 is 0 Å². The zero-order valence-electron chi connectivity index (χ0n) is 10.6. The van der Waals surface area contributed by atoms with Crippen LogP contribution in [0.1, 0.15) is 38.2 Å². The summed E-state index contributed by atoms with van der Waals surface area (Å²) in [5, 5.41) is 9.66. The molecule has 0 bridgehead atoms. The van der Waals surface area contributed by atoms with Gasteiger partial charge in [0.15, 0.2) is 0 Å². The van der Waals surface area contributed by atoms with Crippen molar-refractivity contribution >= 4 is 11.0 Å². The Hall–Kier alpha value is -1.62. The second-order valence-electron chi connectivity index (χ2n) is 4.60. The molecule has 0 aliphatic rings. The molecule has 0 aliphatic heterocycles. The molecule has 2 aromatic heterocycles. The summed E-state index contributed by atoms with van der Waals surface area (Å²) < 4.78 is 0. The lowest BCUT2D eigenvalue weighted by molar-refractivity contribution is 0.151. The summed E-state index contributed by atoms with van der Waals surface area (Å²) in [7, 11) is 0. The SMILES string of the molecule is CCC[C@H](O)CCCc1c[nH]c2c(=O)[nH]cnc12. The Bertz CT molecular complexity index is 559. The van der Waals surface area contributed by atoms with Crippen molar-refractivity contribution in [1.29, 1.82) is 0 Å². The van der Waals surface area contributed by atoms with Crippen LogP contribution in [0.15, 0.2) is 17.3 Å². The fourth-order valence-corrected chi connectivity index (χ4v) is 2.20. The monoisotopic (exact) mass is 249 g/mol. The molecule has 98 valence electrons. The largest absolute Gasteiger partial charge is 0.393 e. The maximum absolute atomic E-state index is 11.5. The summed E-state index contributed by atoms with van der Waals surface area (Å²) in [4.78, 5) is 21.2. The first-order valence-corrected chi connectivity index (χ1v) is 6.44. The van der Waals surface area contributed by atoms with Crippen LogP contribution in [0.2, 0.25) is 0 Å². The molecule has 0 amide bonds. The zero-order valence-corrected chi connectivity index (χ0v) is 10.6. The van der Waals surface area contributed by atoms with Crippen LogP contribution in [0.25, 0.3) is 11.0 Å². The Morgan fingerprint density at radius 2 is 2.22 bits per heavy atom. The predicted octanol–water partition coefficient (Wildman–Crippen LogP) is 1.73. The van der Waals surface area contributed by atoms with Crippen molar-refractivity contribution in [3.63, 3.8) is 0 Å². The third-order valence-electron chi connectivity index (χ3n) is 3.15. The number of fused-ring (bicyclic) bond motifs is 1. The van der Waals surface area contributed by atoms with Crippen molar-refractivity contribution in [2.45, 2.75) is 45.1 Å². The number of aliphatic hydroxyl groups excluding tert-OH is 1. The van der Waals surface area contributed by atoms with Crippen LogP contribution in [-0.2, 0) is 6.42 Å². The van der Waals surface area contributed by atoms with E-state index in [0.29, 0.717) is 5.52 Å². The van der Waals surface area contributed by atoms with Gasteiger partial charge in [-0.25, -0.2) is 4.98 Å².